The van der Waals surface area contributed by atoms with E-state index in [0.29, 0.717) is 27.8 Å². The smallest absolute Gasteiger partial charge is 0.260 e. The number of anilines is 1. The van der Waals surface area contributed by atoms with Gasteiger partial charge in [0, 0.05) is 10.6 Å². The molecule has 0 unspecified atom stereocenters. The Morgan fingerprint density at radius 2 is 1.86 bits per heavy atom. The van der Waals surface area contributed by atoms with Crippen LogP contribution in [0.5, 0.6) is 0 Å². The number of hydrogen-bond acceptors (Lipinski definition) is 4. The average molecular weight is 418 g/mol. The number of nitrogens with zero attached hydrogens (tertiary/aromatic N) is 3. The molecule has 0 fully saturated rings. The number of hydrogen-bond donors (Lipinski definition) is 0. The molecular formula is C23H16ClN3OS. The quantitative estimate of drug-likeness (QED) is 0.410. The van der Waals surface area contributed by atoms with E-state index in [1.165, 1.54) is 11.3 Å². The Morgan fingerprint density at radius 1 is 1.14 bits per heavy atom. The highest BCUT2D eigenvalue weighted by atomic mass is 35.5. The Bertz CT molecular complexity index is 1230. The van der Waals surface area contributed by atoms with Gasteiger partial charge in [0.05, 0.1) is 28.4 Å². The Morgan fingerprint density at radius 3 is 2.55 bits per heavy atom. The van der Waals surface area contributed by atoms with Crippen molar-refractivity contribution in [2.75, 3.05) is 4.90 Å². The summed E-state index contributed by atoms with van der Waals surface area (Å²) in [5.41, 5.74) is 3.85. The van der Waals surface area contributed by atoms with Crippen molar-refractivity contribution in [3.05, 3.63) is 94.0 Å². The highest BCUT2D eigenvalue weighted by molar-refractivity contribution is 7.22. The molecule has 1 heterocycles. The summed E-state index contributed by atoms with van der Waals surface area (Å²) in [6, 6.07) is 22.3. The highest BCUT2D eigenvalue weighted by Gasteiger charge is 2.22. The van der Waals surface area contributed by atoms with Crippen LogP contribution < -0.4 is 4.90 Å². The van der Waals surface area contributed by atoms with Gasteiger partial charge in [0.15, 0.2) is 5.13 Å². The van der Waals surface area contributed by atoms with Gasteiger partial charge in [-0.2, -0.15) is 5.26 Å². The summed E-state index contributed by atoms with van der Waals surface area (Å²) in [4.78, 5) is 19.8. The number of halogens is 1. The van der Waals surface area contributed by atoms with E-state index in [-0.39, 0.29) is 5.91 Å². The first-order valence-corrected chi connectivity index (χ1v) is 10.2. The van der Waals surface area contributed by atoms with Gasteiger partial charge in [-0.25, -0.2) is 4.98 Å². The molecular weight excluding hydrogens is 402 g/mol. The number of thiazole rings is 1. The van der Waals surface area contributed by atoms with Gasteiger partial charge in [0.2, 0.25) is 0 Å². The molecule has 29 heavy (non-hydrogen) atoms. The molecule has 0 aliphatic carbocycles. The first kappa shape index (κ1) is 19.1. The van der Waals surface area contributed by atoms with Crippen molar-refractivity contribution in [3.63, 3.8) is 0 Å². The minimum atomic E-state index is -0.166. The fourth-order valence-electron chi connectivity index (χ4n) is 3.09. The lowest BCUT2D eigenvalue weighted by Crippen LogP contribution is -2.30. The Kier molecular flexibility index (Phi) is 5.30. The summed E-state index contributed by atoms with van der Waals surface area (Å²) in [6.07, 6.45) is 0. The molecule has 0 saturated carbocycles. The van der Waals surface area contributed by atoms with Gasteiger partial charge < -0.3 is 0 Å². The van der Waals surface area contributed by atoms with Crippen LogP contribution in [0.3, 0.4) is 0 Å². The number of amides is 1. The summed E-state index contributed by atoms with van der Waals surface area (Å²) in [5.74, 6) is -0.166. The van der Waals surface area contributed by atoms with Crippen LogP contribution in [0.2, 0.25) is 5.02 Å². The predicted octanol–water partition coefficient (Wildman–Crippen LogP) is 5.98. The second kappa shape index (κ2) is 8.04. The molecule has 0 bridgehead atoms. The second-order valence-electron chi connectivity index (χ2n) is 6.63. The van der Waals surface area contributed by atoms with E-state index in [9.17, 15) is 4.79 Å². The topological polar surface area (TPSA) is 57.0 Å². The molecule has 0 atom stereocenters. The molecule has 1 aromatic heterocycles. The number of rotatable bonds is 4. The van der Waals surface area contributed by atoms with Gasteiger partial charge in [0.25, 0.3) is 5.91 Å². The Labute approximate surface area is 177 Å². The predicted molar refractivity (Wildman–Crippen MR) is 117 cm³/mol. The third-order valence-corrected chi connectivity index (χ3v) is 5.80. The molecule has 0 aliphatic heterocycles. The number of nitriles is 1. The molecule has 3 aromatic carbocycles. The molecule has 4 aromatic rings. The van der Waals surface area contributed by atoms with E-state index in [4.69, 9.17) is 21.8 Å². The minimum absolute atomic E-state index is 0.166. The highest BCUT2D eigenvalue weighted by Crippen LogP contribution is 2.34. The standard InChI is InChI=1S/C23H16ClN3OS/c1-15-11-19(24)12-20-21(15)26-23(29-20)27(14-17-5-3-2-4-6-17)22(28)18-9-7-16(13-25)8-10-18/h2-12H,14H2,1H3. The van der Waals surface area contributed by atoms with Crippen molar-refractivity contribution in [2.24, 2.45) is 0 Å². The third-order valence-electron chi connectivity index (χ3n) is 4.56. The maximum absolute atomic E-state index is 13.4. The van der Waals surface area contributed by atoms with E-state index in [1.807, 2.05) is 49.4 Å². The van der Waals surface area contributed by atoms with E-state index >= 15 is 0 Å². The lowest BCUT2D eigenvalue weighted by molar-refractivity contribution is 0.0985. The third kappa shape index (κ3) is 4.00. The fraction of sp³-hybridized carbons (Fsp3) is 0.0870. The van der Waals surface area contributed by atoms with Crippen molar-refractivity contribution >= 4 is 44.2 Å². The lowest BCUT2D eigenvalue weighted by atomic mass is 10.1. The molecule has 0 radical (unpaired) electrons. The Balaban J connectivity index is 1.78. The van der Waals surface area contributed by atoms with Crippen LogP contribution in [0.15, 0.2) is 66.7 Å². The molecule has 6 heteroatoms. The maximum Gasteiger partial charge on any atom is 0.260 e. The summed E-state index contributed by atoms with van der Waals surface area (Å²) in [7, 11) is 0. The molecule has 4 nitrogen and oxygen atoms in total. The number of carbonyl (C=O) groups is 1. The summed E-state index contributed by atoms with van der Waals surface area (Å²) >= 11 is 7.64. The molecule has 0 aliphatic rings. The summed E-state index contributed by atoms with van der Waals surface area (Å²) < 4.78 is 0.940. The van der Waals surface area contributed by atoms with Crippen molar-refractivity contribution in [3.8, 4) is 6.07 Å². The Hall–Kier alpha value is -3.20. The van der Waals surface area contributed by atoms with Gasteiger partial charge in [-0.05, 0) is 54.4 Å². The molecule has 4 rings (SSSR count). The number of carbonyl (C=O) groups excluding carboxylic acids is 1. The zero-order valence-corrected chi connectivity index (χ0v) is 17.2. The van der Waals surface area contributed by atoms with E-state index in [1.54, 1.807) is 29.2 Å². The van der Waals surface area contributed by atoms with E-state index < -0.39 is 0 Å². The average Bonchev–Trinajstić information content (AvgIpc) is 3.16. The first-order chi connectivity index (χ1) is 14.0. The first-order valence-electron chi connectivity index (χ1n) is 8.98. The van der Waals surface area contributed by atoms with Gasteiger partial charge >= 0.3 is 0 Å². The fourth-order valence-corrected chi connectivity index (χ4v) is 4.51. The van der Waals surface area contributed by atoms with Crippen molar-refractivity contribution in [2.45, 2.75) is 13.5 Å². The van der Waals surface area contributed by atoms with Crippen LogP contribution in [-0.2, 0) is 6.54 Å². The van der Waals surface area contributed by atoms with Crippen LogP contribution in [0, 0.1) is 18.3 Å². The van der Waals surface area contributed by atoms with Crippen molar-refractivity contribution in [1.82, 2.24) is 4.98 Å². The minimum Gasteiger partial charge on any atom is -0.279 e. The zero-order valence-electron chi connectivity index (χ0n) is 15.6. The lowest BCUT2D eigenvalue weighted by Gasteiger charge is -2.20. The normalized spacial score (nSPS) is 10.7. The number of aromatic nitrogens is 1. The van der Waals surface area contributed by atoms with Crippen molar-refractivity contribution < 1.29 is 4.79 Å². The zero-order chi connectivity index (χ0) is 20.4. The number of fused-ring (bicyclic) bond motifs is 1. The van der Waals surface area contributed by atoms with Gasteiger partial charge in [0.1, 0.15) is 0 Å². The number of aryl methyl sites for hydroxylation is 1. The maximum atomic E-state index is 13.4. The molecule has 0 N–H and O–H groups in total. The largest absolute Gasteiger partial charge is 0.279 e. The van der Waals surface area contributed by atoms with Crippen LogP contribution >= 0.6 is 22.9 Å². The van der Waals surface area contributed by atoms with Crippen LogP contribution in [-0.4, -0.2) is 10.9 Å². The summed E-state index contributed by atoms with van der Waals surface area (Å²) in [6.45, 7) is 2.36. The van der Waals surface area contributed by atoms with Gasteiger partial charge in [-0.3, -0.25) is 9.69 Å². The second-order valence-corrected chi connectivity index (χ2v) is 8.08. The molecule has 142 valence electrons. The van der Waals surface area contributed by atoms with Crippen LogP contribution in [0.4, 0.5) is 5.13 Å². The van der Waals surface area contributed by atoms with E-state index in [2.05, 4.69) is 6.07 Å². The molecule has 0 spiro atoms. The molecule has 0 saturated heterocycles. The van der Waals surface area contributed by atoms with E-state index in [0.717, 1.165) is 21.3 Å². The monoisotopic (exact) mass is 417 g/mol. The SMILES string of the molecule is Cc1cc(Cl)cc2sc(N(Cc3ccccc3)C(=O)c3ccc(C#N)cc3)nc12. The van der Waals surface area contributed by atoms with Crippen LogP contribution in [0.1, 0.15) is 27.0 Å². The summed E-state index contributed by atoms with van der Waals surface area (Å²) in [5, 5.41) is 10.3. The van der Waals surface area contributed by atoms with Gasteiger partial charge in [-0.1, -0.05) is 53.3 Å². The van der Waals surface area contributed by atoms with Gasteiger partial charge in [-0.15, -0.1) is 0 Å². The molecule has 1 amide bonds. The van der Waals surface area contributed by atoms with Crippen molar-refractivity contribution in [1.29, 1.82) is 5.26 Å². The number of benzene rings is 3. The van der Waals surface area contributed by atoms with Crippen LogP contribution in [0.25, 0.3) is 10.2 Å².